The average molecular weight is 370 g/mol. The fourth-order valence-corrected chi connectivity index (χ4v) is 1.50. The average Bonchev–Trinajstić information content (AvgIpc) is 2.29. The normalized spacial score (nSPS) is 11.3. The number of nitrogens with one attached hydrogen (secondary N) is 2. The summed E-state index contributed by atoms with van der Waals surface area (Å²) in [5, 5.41) is 6.64. The van der Waals surface area contributed by atoms with Gasteiger partial charge in [-0.1, -0.05) is 19.8 Å². The van der Waals surface area contributed by atoms with Gasteiger partial charge in [-0.2, -0.15) is 0 Å². The lowest BCUT2D eigenvalue weighted by molar-refractivity contribution is 0.403. The fraction of sp³-hybridized carbons (Fsp3) is 0.923. The number of hydrogen-bond acceptors (Lipinski definition) is 2. The van der Waals surface area contributed by atoms with Gasteiger partial charge in [-0.15, -0.1) is 24.0 Å². The molecule has 0 aliphatic heterocycles. The maximum Gasteiger partial charge on any atom is 0.191 e. The molecule has 0 bridgehead atoms. The maximum atomic E-state index is 4.55. The molecule has 0 aliphatic carbocycles. The lowest BCUT2D eigenvalue weighted by Crippen LogP contribution is -2.38. The summed E-state index contributed by atoms with van der Waals surface area (Å²) in [6, 6.07) is 0. The first-order valence-corrected chi connectivity index (χ1v) is 6.87. The van der Waals surface area contributed by atoms with E-state index in [4.69, 9.17) is 0 Å². The molecule has 0 aromatic rings. The highest BCUT2D eigenvalue weighted by Crippen LogP contribution is 1.91. The highest BCUT2D eigenvalue weighted by molar-refractivity contribution is 14.0. The van der Waals surface area contributed by atoms with Crippen molar-refractivity contribution in [1.82, 2.24) is 15.5 Å². The number of nitrogens with zero attached hydrogens (tertiary/aromatic N) is 2. The van der Waals surface area contributed by atoms with Crippen molar-refractivity contribution in [1.29, 1.82) is 0 Å². The van der Waals surface area contributed by atoms with E-state index in [-0.39, 0.29) is 24.0 Å². The summed E-state index contributed by atoms with van der Waals surface area (Å²) in [7, 11) is 4.19. The van der Waals surface area contributed by atoms with Gasteiger partial charge in [-0.25, -0.2) is 0 Å². The first-order valence-electron chi connectivity index (χ1n) is 6.87. The number of hydrogen-bond donors (Lipinski definition) is 2. The Bertz CT molecular complexity index is 195. The van der Waals surface area contributed by atoms with Crippen molar-refractivity contribution in [2.75, 3.05) is 40.3 Å². The molecule has 0 fully saturated rings. The Balaban J connectivity index is 0. The van der Waals surface area contributed by atoms with Crippen LogP contribution in [0.3, 0.4) is 0 Å². The molecular formula is C13H31IN4. The molecule has 0 saturated carbocycles. The Kier molecular flexibility index (Phi) is 16.9. The second-order valence-electron chi connectivity index (χ2n) is 4.55. The van der Waals surface area contributed by atoms with E-state index in [1.807, 2.05) is 0 Å². The molecule has 4 nitrogen and oxygen atoms in total. The van der Waals surface area contributed by atoms with Crippen molar-refractivity contribution in [2.45, 2.75) is 39.5 Å². The van der Waals surface area contributed by atoms with E-state index in [0.717, 1.165) is 38.6 Å². The molecule has 18 heavy (non-hydrogen) atoms. The highest BCUT2D eigenvalue weighted by Gasteiger charge is 1.96. The zero-order chi connectivity index (χ0) is 12.9. The van der Waals surface area contributed by atoms with Crippen molar-refractivity contribution in [3.8, 4) is 0 Å². The van der Waals surface area contributed by atoms with Crippen LogP contribution < -0.4 is 10.6 Å². The smallest absolute Gasteiger partial charge is 0.191 e. The van der Waals surface area contributed by atoms with E-state index in [1.54, 1.807) is 0 Å². The predicted octanol–water partition coefficient (Wildman–Crippen LogP) is 2.30. The molecule has 0 unspecified atom stereocenters. The molecule has 0 radical (unpaired) electrons. The van der Waals surface area contributed by atoms with Crippen LogP contribution in [0.25, 0.3) is 0 Å². The third-order valence-corrected chi connectivity index (χ3v) is 2.45. The van der Waals surface area contributed by atoms with Gasteiger partial charge in [-0.05, 0) is 40.4 Å². The third kappa shape index (κ3) is 14.0. The van der Waals surface area contributed by atoms with Gasteiger partial charge in [-0.3, -0.25) is 4.99 Å². The van der Waals surface area contributed by atoms with Crippen LogP contribution in [-0.4, -0.2) is 51.1 Å². The largest absolute Gasteiger partial charge is 0.357 e. The minimum atomic E-state index is 0. The Morgan fingerprint density at radius 1 is 1.06 bits per heavy atom. The van der Waals surface area contributed by atoms with Gasteiger partial charge in [0.05, 0.1) is 0 Å². The molecule has 110 valence electrons. The number of aliphatic imine (C=N–C) groups is 1. The van der Waals surface area contributed by atoms with Crippen LogP contribution in [0, 0.1) is 0 Å². The molecular weight excluding hydrogens is 339 g/mol. The highest BCUT2D eigenvalue weighted by atomic mass is 127. The molecule has 0 heterocycles. The van der Waals surface area contributed by atoms with E-state index in [9.17, 15) is 0 Å². The summed E-state index contributed by atoms with van der Waals surface area (Å²) >= 11 is 0. The van der Waals surface area contributed by atoms with E-state index < -0.39 is 0 Å². The van der Waals surface area contributed by atoms with Gasteiger partial charge < -0.3 is 15.5 Å². The molecule has 2 N–H and O–H groups in total. The standard InChI is InChI=1S/C13H30N4.HI/c1-5-7-8-10-15-13(14-6-2)16-11-9-12-17(3)4;/h5-12H2,1-4H3,(H2,14,15,16);1H. The molecule has 0 atom stereocenters. The fourth-order valence-electron chi connectivity index (χ4n) is 1.50. The van der Waals surface area contributed by atoms with E-state index >= 15 is 0 Å². The zero-order valence-electron chi connectivity index (χ0n) is 12.5. The monoisotopic (exact) mass is 370 g/mol. The molecule has 0 saturated heterocycles. The topological polar surface area (TPSA) is 39.7 Å². The van der Waals surface area contributed by atoms with Crippen LogP contribution in [-0.2, 0) is 0 Å². The summed E-state index contributed by atoms with van der Waals surface area (Å²) in [6.07, 6.45) is 4.88. The Labute approximate surface area is 130 Å². The summed E-state index contributed by atoms with van der Waals surface area (Å²) in [5.41, 5.74) is 0. The van der Waals surface area contributed by atoms with Crippen molar-refractivity contribution in [2.24, 2.45) is 4.99 Å². The minimum absolute atomic E-state index is 0. The Morgan fingerprint density at radius 3 is 2.33 bits per heavy atom. The van der Waals surface area contributed by atoms with E-state index in [1.165, 1.54) is 19.3 Å². The minimum Gasteiger partial charge on any atom is -0.357 e. The van der Waals surface area contributed by atoms with Crippen molar-refractivity contribution in [3.63, 3.8) is 0 Å². The number of rotatable bonds is 9. The molecule has 0 spiro atoms. The lowest BCUT2D eigenvalue weighted by atomic mass is 10.2. The Morgan fingerprint density at radius 2 is 1.78 bits per heavy atom. The van der Waals surface area contributed by atoms with Crippen molar-refractivity contribution < 1.29 is 0 Å². The lowest BCUT2D eigenvalue weighted by Gasteiger charge is -2.11. The zero-order valence-corrected chi connectivity index (χ0v) is 14.8. The predicted molar refractivity (Wildman–Crippen MR) is 92.1 cm³/mol. The SMILES string of the molecule is CCCCCNC(=NCCCN(C)C)NCC.I. The second kappa shape index (κ2) is 15.0. The van der Waals surface area contributed by atoms with E-state index in [2.05, 4.69) is 48.5 Å². The molecule has 0 amide bonds. The summed E-state index contributed by atoms with van der Waals surface area (Å²) < 4.78 is 0. The Hall–Kier alpha value is -0.0400. The van der Waals surface area contributed by atoms with Crippen LogP contribution in [0.15, 0.2) is 4.99 Å². The molecule has 0 aromatic carbocycles. The molecule has 0 aliphatic rings. The molecule has 5 heteroatoms. The van der Waals surface area contributed by atoms with Crippen LogP contribution in [0.1, 0.15) is 39.5 Å². The molecule has 0 rings (SSSR count). The summed E-state index contributed by atoms with van der Waals surface area (Å²) in [4.78, 5) is 6.74. The van der Waals surface area contributed by atoms with Crippen LogP contribution in [0.5, 0.6) is 0 Å². The first-order chi connectivity index (χ1) is 8.20. The van der Waals surface area contributed by atoms with Crippen LogP contribution in [0.4, 0.5) is 0 Å². The van der Waals surface area contributed by atoms with Gasteiger partial charge in [0.15, 0.2) is 5.96 Å². The quantitative estimate of drug-likeness (QED) is 0.283. The van der Waals surface area contributed by atoms with Crippen LogP contribution >= 0.6 is 24.0 Å². The van der Waals surface area contributed by atoms with Gasteiger partial charge >= 0.3 is 0 Å². The second-order valence-corrected chi connectivity index (χ2v) is 4.55. The molecule has 0 aromatic heterocycles. The third-order valence-electron chi connectivity index (χ3n) is 2.45. The van der Waals surface area contributed by atoms with Crippen molar-refractivity contribution in [3.05, 3.63) is 0 Å². The van der Waals surface area contributed by atoms with Crippen LogP contribution in [0.2, 0.25) is 0 Å². The summed E-state index contributed by atoms with van der Waals surface area (Å²) in [6.45, 7) is 8.25. The number of unbranched alkanes of at least 4 members (excludes halogenated alkanes) is 2. The number of halogens is 1. The van der Waals surface area contributed by atoms with Gasteiger partial charge in [0.1, 0.15) is 0 Å². The first kappa shape index (κ1) is 20.3. The number of guanidine groups is 1. The summed E-state index contributed by atoms with van der Waals surface area (Å²) in [5.74, 6) is 0.961. The van der Waals surface area contributed by atoms with Gasteiger partial charge in [0.2, 0.25) is 0 Å². The van der Waals surface area contributed by atoms with Crippen molar-refractivity contribution >= 4 is 29.9 Å². The van der Waals surface area contributed by atoms with E-state index in [0.29, 0.717) is 0 Å². The van der Waals surface area contributed by atoms with Gasteiger partial charge in [0, 0.05) is 19.6 Å². The maximum absolute atomic E-state index is 4.55. The van der Waals surface area contributed by atoms with Gasteiger partial charge in [0.25, 0.3) is 0 Å².